The van der Waals surface area contributed by atoms with Crippen LogP contribution in [-0.4, -0.2) is 62.2 Å². The molecule has 2 fully saturated rings. The van der Waals surface area contributed by atoms with Gasteiger partial charge in [-0.3, -0.25) is 9.89 Å². The van der Waals surface area contributed by atoms with Gasteiger partial charge < -0.3 is 20.9 Å². The Morgan fingerprint density at radius 1 is 1.29 bits per heavy atom. The monoisotopic (exact) mass is 440 g/mol. The van der Waals surface area contributed by atoms with E-state index in [1.165, 1.54) is 0 Å². The normalized spacial score (nSPS) is 22.8. The molecule has 0 aliphatic carbocycles. The van der Waals surface area contributed by atoms with E-state index >= 15 is 0 Å². The Bertz CT molecular complexity index is 1060. The number of likely N-dealkylation sites (N-methyl/N-ethyl adjacent to an activating group) is 1. The van der Waals surface area contributed by atoms with Crippen LogP contribution in [-0.2, 0) is 4.79 Å². The third kappa shape index (κ3) is 4.09. The van der Waals surface area contributed by atoms with Crippen molar-refractivity contribution in [2.45, 2.75) is 57.7 Å². The Hall–Kier alpha value is -2.72. The van der Waals surface area contributed by atoms with Gasteiger partial charge in [-0.2, -0.15) is 10.1 Å². The van der Waals surface area contributed by atoms with Gasteiger partial charge in [-0.15, -0.1) is 11.3 Å². The van der Waals surface area contributed by atoms with Crippen LogP contribution in [0.25, 0.3) is 10.2 Å². The fraction of sp³-hybridized carbons (Fsp3) is 0.524. The molecule has 2 aliphatic heterocycles. The zero-order chi connectivity index (χ0) is 21.4. The molecule has 3 aromatic heterocycles. The predicted octanol–water partition coefficient (Wildman–Crippen LogP) is 3.01. The molecule has 2 aliphatic rings. The van der Waals surface area contributed by atoms with Gasteiger partial charge in [0.25, 0.3) is 0 Å². The first kappa shape index (κ1) is 20.2. The highest BCUT2D eigenvalue weighted by Crippen LogP contribution is 2.37. The van der Waals surface area contributed by atoms with Crippen LogP contribution in [0.15, 0.2) is 17.5 Å². The number of amides is 1. The van der Waals surface area contributed by atoms with Gasteiger partial charge in [0.05, 0.1) is 11.9 Å². The Morgan fingerprint density at radius 3 is 2.81 bits per heavy atom. The lowest BCUT2D eigenvalue weighted by atomic mass is 9.97. The number of nitrogens with one attached hydrogen (secondary N) is 4. The Balaban J connectivity index is 1.32. The van der Waals surface area contributed by atoms with Gasteiger partial charge in [0.2, 0.25) is 11.9 Å². The number of hydrogen-bond acceptors (Lipinski definition) is 8. The first-order chi connectivity index (χ1) is 15.1. The number of thiophene rings is 1. The summed E-state index contributed by atoms with van der Waals surface area (Å²) in [6.45, 7) is 5.24. The molecule has 5 heterocycles. The van der Waals surface area contributed by atoms with E-state index in [4.69, 9.17) is 9.97 Å². The number of piperidine rings is 1. The van der Waals surface area contributed by atoms with Crippen molar-refractivity contribution in [1.29, 1.82) is 0 Å². The van der Waals surface area contributed by atoms with Crippen LogP contribution in [0, 0.1) is 6.92 Å². The number of nitrogens with zero attached hydrogens (tertiary/aromatic N) is 4. The SMILES string of the molecule is CCNCC(=O)N1C2CCC1CC(Nc1nc(Nc3cc(C)[nH]n3)c3ccsc3n1)C2. The molecule has 3 aromatic rings. The third-order valence-corrected chi connectivity index (χ3v) is 6.96. The molecule has 31 heavy (non-hydrogen) atoms. The molecule has 0 aromatic carbocycles. The standard InChI is InChI=1S/C21H28N8OS/c1-3-22-11-18(30)29-14-4-5-15(29)10-13(9-14)23-21-25-19(16-6-7-31-20(16)26-21)24-17-8-12(2)27-28-17/h6-8,13-15,22H,3-5,9-11H2,1-2H3,(H3,23,24,25,26,27,28). The molecule has 2 unspecified atom stereocenters. The summed E-state index contributed by atoms with van der Waals surface area (Å²) in [4.78, 5) is 25.2. The van der Waals surface area contributed by atoms with E-state index in [1.54, 1.807) is 11.3 Å². The molecule has 9 nitrogen and oxygen atoms in total. The van der Waals surface area contributed by atoms with E-state index in [-0.39, 0.29) is 11.9 Å². The summed E-state index contributed by atoms with van der Waals surface area (Å²) in [7, 11) is 0. The highest BCUT2D eigenvalue weighted by molar-refractivity contribution is 7.16. The topological polar surface area (TPSA) is 111 Å². The van der Waals surface area contributed by atoms with Gasteiger partial charge in [0.15, 0.2) is 5.82 Å². The van der Waals surface area contributed by atoms with Crippen molar-refractivity contribution in [3.8, 4) is 0 Å². The molecule has 164 valence electrons. The zero-order valence-electron chi connectivity index (χ0n) is 17.8. The van der Waals surface area contributed by atoms with Gasteiger partial charge in [0.1, 0.15) is 10.6 Å². The summed E-state index contributed by atoms with van der Waals surface area (Å²) in [5.41, 5.74) is 0.988. The first-order valence-corrected chi connectivity index (χ1v) is 11.8. The summed E-state index contributed by atoms with van der Waals surface area (Å²) in [6, 6.07) is 4.85. The maximum absolute atomic E-state index is 12.6. The summed E-state index contributed by atoms with van der Waals surface area (Å²) in [5.74, 6) is 2.34. The fourth-order valence-corrected chi connectivity index (χ4v) is 5.59. The van der Waals surface area contributed by atoms with Crippen LogP contribution in [0.4, 0.5) is 17.6 Å². The molecule has 2 bridgehead atoms. The zero-order valence-corrected chi connectivity index (χ0v) is 18.6. The van der Waals surface area contributed by atoms with Crippen molar-refractivity contribution >= 4 is 45.0 Å². The molecule has 4 N–H and O–H groups in total. The van der Waals surface area contributed by atoms with Crippen LogP contribution in [0.3, 0.4) is 0 Å². The number of aryl methyl sites for hydroxylation is 1. The minimum Gasteiger partial charge on any atom is -0.351 e. The maximum atomic E-state index is 12.6. The highest BCUT2D eigenvalue weighted by Gasteiger charge is 2.43. The Labute approximate surface area is 185 Å². The smallest absolute Gasteiger partial charge is 0.237 e. The average molecular weight is 441 g/mol. The van der Waals surface area contributed by atoms with Crippen LogP contribution in [0.1, 0.15) is 38.3 Å². The van der Waals surface area contributed by atoms with Gasteiger partial charge in [-0.25, -0.2) is 4.98 Å². The summed E-state index contributed by atoms with van der Waals surface area (Å²) < 4.78 is 0. The van der Waals surface area contributed by atoms with Crippen LogP contribution >= 0.6 is 11.3 Å². The summed E-state index contributed by atoms with van der Waals surface area (Å²) in [6.07, 6.45) is 4.02. The van der Waals surface area contributed by atoms with Crippen LogP contribution in [0.5, 0.6) is 0 Å². The van der Waals surface area contributed by atoms with Crippen molar-refractivity contribution < 1.29 is 4.79 Å². The second-order valence-corrected chi connectivity index (χ2v) is 9.27. The average Bonchev–Trinajstić information content (AvgIpc) is 3.44. The molecule has 0 spiro atoms. The highest BCUT2D eigenvalue weighted by atomic mass is 32.1. The number of carbonyl (C=O) groups excluding carboxylic acids is 1. The maximum Gasteiger partial charge on any atom is 0.237 e. The number of rotatable bonds is 7. The molecule has 1 amide bonds. The Kier molecular flexibility index (Phi) is 5.49. The lowest BCUT2D eigenvalue weighted by molar-refractivity contribution is -0.134. The molecule has 0 saturated carbocycles. The lowest BCUT2D eigenvalue weighted by Crippen LogP contribution is -2.52. The molecule has 5 rings (SSSR count). The van der Waals surface area contributed by atoms with Crippen molar-refractivity contribution in [2.24, 2.45) is 0 Å². The minimum atomic E-state index is 0.227. The number of hydrogen-bond donors (Lipinski definition) is 4. The summed E-state index contributed by atoms with van der Waals surface area (Å²) >= 11 is 1.60. The van der Waals surface area contributed by atoms with Crippen molar-refractivity contribution in [3.05, 3.63) is 23.2 Å². The molecule has 2 saturated heterocycles. The van der Waals surface area contributed by atoms with Gasteiger partial charge in [0, 0.05) is 29.9 Å². The number of carbonyl (C=O) groups is 1. The fourth-order valence-electron chi connectivity index (χ4n) is 4.83. The number of H-pyrrole nitrogens is 1. The molecule has 0 radical (unpaired) electrons. The molecular weight excluding hydrogens is 412 g/mol. The van der Waals surface area contributed by atoms with Crippen molar-refractivity contribution in [3.63, 3.8) is 0 Å². The van der Waals surface area contributed by atoms with E-state index in [0.29, 0.717) is 24.6 Å². The molecule has 10 heteroatoms. The second-order valence-electron chi connectivity index (χ2n) is 8.38. The Morgan fingerprint density at radius 2 is 2.10 bits per heavy atom. The van der Waals surface area contributed by atoms with Gasteiger partial charge >= 0.3 is 0 Å². The van der Waals surface area contributed by atoms with Gasteiger partial charge in [-0.1, -0.05) is 6.92 Å². The van der Waals surface area contributed by atoms with Crippen molar-refractivity contribution in [1.82, 2.24) is 30.4 Å². The molecular formula is C21H28N8OS. The summed E-state index contributed by atoms with van der Waals surface area (Å²) in [5, 5.41) is 20.3. The van der Waals surface area contributed by atoms with Crippen LogP contribution < -0.4 is 16.0 Å². The predicted molar refractivity (Wildman–Crippen MR) is 123 cm³/mol. The first-order valence-electron chi connectivity index (χ1n) is 10.9. The van der Waals surface area contributed by atoms with E-state index in [1.807, 2.05) is 31.4 Å². The van der Waals surface area contributed by atoms with E-state index in [9.17, 15) is 4.79 Å². The number of aromatic nitrogens is 4. The van der Waals surface area contributed by atoms with E-state index in [2.05, 4.69) is 31.0 Å². The number of aromatic amines is 1. The van der Waals surface area contributed by atoms with E-state index < -0.39 is 0 Å². The van der Waals surface area contributed by atoms with Gasteiger partial charge in [-0.05, 0) is 50.6 Å². The van der Waals surface area contributed by atoms with Crippen LogP contribution in [0.2, 0.25) is 0 Å². The minimum absolute atomic E-state index is 0.227. The number of anilines is 3. The molecule has 2 atom stereocenters. The number of fused-ring (bicyclic) bond motifs is 3. The second kappa shape index (κ2) is 8.43. The van der Waals surface area contributed by atoms with E-state index in [0.717, 1.165) is 59.8 Å². The largest absolute Gasteiger partial charge is 0.351 e. The lowest BCUT2D eigenvalue weighted by Gasteiger charge is -2.39. The third-order valence-electron chi connectivity index (χ3n) is 6.16. The van der Waals surface area contributed by atoms with Crippen molar-refractivity contribution in [2.75, 3.05) is 23.7 Å². The quantitative estimate of drug-likeness (QED) is 0.447.